The van der Waals surface area contributed by atoms with Crippen LogP contribution in [0.15, 0.2) is 52.3 Å². The number of aliphatic hydroxyl groups is 2. The third kappa shape index (κ3) is 4.42. The molecule has 28 heavy (non-hydrogen) atoms. The minimum atomic E-state index is -0.816. The zero-order valence-electron chi connectivity index (χ0n) is 15.1. The molecule has 1 fully saturated rings. The number of rotatable bonds is 3. The summed E-state index contributed by atoms with van der Waals surface area (Å²) < 4.78 is 6.54. The molecule has 4 N–H and O–H groups in total. The SMILES string of the molecule is Cc1cn([C@H]2C[C@H](O)[C@@H](CO)O2)c(=O)[nH]c1=O.c1ccc(-c2c[nH]nn2)cc1. The molecule has 4 rings (SSSR count). The number of aromatic nitrogens is 5. The Labute approximate surface area is 159 Å². The smallest absolute Gasteiger partial charge is 0.330 e. The van der Waals surface area contributed by atoms with Gasteiger partial charge in [-0.15, -0.1) is 5.10 Å². The summed E-state index contributed by atoms with van der Waals surface area (Å²) in [6.45, 7) is 1.26. The first-order valence-electron chi connectivity index (χ1n) is 8.68. The highest BCUT2D eigenvalue weighted by Crippen LogP contribution is 2.27. The Hall–Kier alpha value is -3.08. The fraction of sp³-hybridized carbons (Fsp3) is 0.333. The average molecular weight is 387 g/mol. The monoisotopic (exact) mass is 387 g/mol. The molecule has 0 aliphatic carbocycles. The Balaban J connectivity index is 0.000000176. The molecule has 0 bridgehead atoms. The lowest BCUT2D eigenvalue weighted by atomic mass is 10.2. The summed E-state index contributed by atoms with van der Waals surface area (Å²) in [4.78, 5) is 24.9. The van der Waals surface area contributed by atoms with Crippen molar-refractivity contribution in [2.45, 2.75) is 31.8 Å². The molecule has 3 atom stereocenters. The summed E-state index contributed by atoms with van der Waals surface area (Å²) in [5.74, 6) is 0. The van der Waals surface area contributed by atoms with Crippen LogP contribution < -0.4 is 11.2 Å². The van der Waals surface area contributed by atoms with Crippen molar-refractivity contribution in [1.29, 1.82) is 0 Å². The van der Waals surface area contributed by atoms with E-state index in [9.17, 15) is 14.7 Å². The summed E-state index contributed by atoms with van der Waals surface area (Å²) in [5, 5.41) is 28.7. The van der Waals surface area contributed by atoms with Gasteiger partial charge in [-0.25, -0.2) is 4.79 Å². The zero-order chi connectivity index (χ0) is 20.1. The highest BCUT2D eigenvalue weighted by molar-refractivity contribution is 5.56. The maximum atomic E-state index is 11.6. The summed E-state index contributed by atoms with van der Waals surface area (Å²) in [6.07, 6.45) is 1.19. The molecule has 1 aromatic carbocycles. The highest BCUT2D eigenvalue weighted by atomic mass is 16.5. The summed E-state index contributed by atoms with van der Waals surface area (Å²) >= 11 is 0. The number of ether oxygens (including phenoxy) is 1. The fourth-order valence-corrected chi connectivity index (χ4v) is 2.80. The first-order chi connectivity index (χ1) is 13.5. The molecule has 1 aliphatic rings. The second-order valence-electron chi connectivity index (χ2n) is 6.32. The lowest BCUT2D eigenvalue weighted by Gasteiger charge is -2.14. The van der Waals surface area contributed by atoms with Crippen molar-refractivity contribution in [2.75, 3.05) is 6.61 Å². The zero-order valence-corrected chi connectivity index (χ0v) is 15.1. The van der Waals surface area contributed by atoms with E-state index < -0.39 is 29.7 Å². The van der Waals surface area contributed by atoms with Gasteiger partial charge in [-0.05, 0) is 6.92 Å². The highest BCUT2D eigenvalue weighted by Gasteiger charge is 2.34. The Morgan fingerprint density at radius 2 is 2.04 bits per heavy atom. The third-order valence-electron chi connectivity index (χ3n) is 4.33. The van der Waals surface area contributed by atoms with E-state index in [1.54, 1.807) is 13.1 Å². The summed E-state index contributed by atoms with van der Waals surface area (Å²) in [5.41, 5.74) is 1.32. The van der Waals surface area contributed by atoms with Gasteiger partial charge in [0.15, 0.2) is 0 Å². The first-order valence-corrected chi connectivity index (χ1v) is 8.68. The number of H-pyrrole nitrogens is 2. The number of nitrogens with one attached hydrogen (secondary N) is 2. The van der Waals surface area contributed by atoms with Crippen LogP contribution in [0.3, 0.4) is 0 Å². The van der Waals surface area contributed by atoms with Gasteiger partial charge in [-0.2, -0.15) is 0 Å². The van der Waals surface area contributed by atoms with Crippen LogP contribution in [-0.2, 0) is 4.74 Å². The lowest BCUT2D eigenvalue weighted by Crippen LogP contribution is -2.33. The Morgan fingerprint density at radius 1 is 1.29 bits per heavy atom. The molecule has 2 aromatic heterocycles. The predicted molar refractivity (Wildman–Crippen MR) is 99.5 cm³/mol. The van der Waals surface area contributed by atoms with Crippen molar-refractivity contribution in [2.24, 2.45) is 0 Å². The van der Waals surface area contributed by atoms with Gasteiger partial charge in [0.05, 0.1) is 12.7 Å². The van der Waals surface area contributed by atoms with E-state index in [1.807, 2.05) is 30.3 Å². The van der Waals surface area contributed by atoms with Gasteiger partial charge in [-0.1, -0.05) is 35.5 Å². The van der Waals surface area contributed by atoms with Crippen LogP contribution in [0.2, 0.25) is 0 Å². The molecule has 1 saturated heterocycles. The van der Waals surface area contributed by atoms with Crippen LogP contribution in [0.25, 0.3) is 11.3 Å². The molecule has 0 spiro atoms. The van der Waals surface area contributed by atoms with Crippen molar-refractivity contribution in [3.8, 4) is 11.3 Å². The molecule has 10 nitrogen and oxygen atoms in total. The number of aryl methyl sites for hydroxylation is 1. The Morgan fingerprint density at radius 3 is 2.64 bits per heavy atom. The second-order valence-corrected chi connectivity index (χ2v) is 6.32. The molecule has 0 saturated carbocycles. The van der Waals surface area contributed by atoms with Crippen molar-refractivity contribution in [3.05, 3.63) is 69.1 Å². The number of hydrogen-bond acceptors (Lipinski definition) is 7. The largest absolute Gasteiger partial charge is 0.394 e. The molecule has 0 unspecified atom stereocenters. The first kappa shape index (κ1) is 19.7. The number of hydrogen-bond donors (Lipinski definition) is 4. The van der Waals surface area contributed by atoms with Gasteiger partial charge in [0.1, 0.15) is 18.0 Å². The molecule has 0 radical (unpaired) electrons. The van der Waals surface area contributed by atoms with Gasteiger partial charge < -0.3 is 14.9 Å². The predicted octanol–water partition coefficient (Wildman–Crippen LogP) is -0.0426. The van der Waals surface area contributed by atoms with E-state index in [0.717, 1.165) is 11.3 Å². The van der Waals surface area contributed by atoms with Crippen molar-refractivity contribution in [3.63, 3.8) is 0 Å². The van der Waals surface area contributed by atoms with E-state index in [-0.39, 0.29) is 13.0 Å². The molecule has 0 amide bonds. The second kappa shape index (κ2) is 8.74. The van der Waals surface area contributed by atoms with Crippen LogP contribution >= 0.6 is 0 Å². The van der Waals surface area contributed by atoms with Crippen molar-refractivity contribution >= 4 is 0 Å². The fourth-order valence-electron chi connectivity index (χ4n) is 2.80. The van der Waals surface area contributed by atoms with Crippen LogP contribution in [0.1, 0.15) is 18.2 Å². The minimum Gasteiger partial charge on any atom is -0.394 e. The van der Waals surface area contributed by atoms with E-state index in [0.29, 0.717) is 5.56 Å². The van der Waals surface area contributed by atoms with Crippen LogP contribution in [-0.4, -0.2) is 54.0 Å². The summed E-state index contributed by atoms with van der Waals surface area (Å²) in [7, 11) is 0. The normalized spacial score (nSPS) is 21.2. The number of nitrogens with zero attached hydrogens (tertiary/aromatic N) is 3. The number of aliphatic hydroxyl groups excluding tert-OH is 2. The maximum absolute atomic E-state index is 11.6. The third-order valence-corrected chi connectivity index (χ3v) is 4.33. The average Bonchev–Trinajstić information content (AvgIpc) is 3.36. The quantitative estimate of drug-likeness (QED) is 0.493. The minimum absolute atomic E-state index is 0.205. The Kier molecular flexibility index (Phi) is 6.14. The van der Waals surface area contributed by atoms with E-state index in [4.69, 9.17) is 9.84 Å². The molecular formula is C18H21N5O5. The number of benzene rings is 1. The van der Waals surface area contributed by atoms with Crippen LogP contribution in [0, 0.1) is 6.92 Å². The van der Waals surface area contributed by atoms with Gasteiger partial charge in [0, 0.05) is 29.9 Å². The van der Waals surface area contributed by atoms with E-state index >= 15 is 0 Å². The van der Waals surface area contributed by atoms with Crippen molar-refractivity contribution in [1.82, 2.24) is 25.0 Å². The molecule has 3 aromatic rings. The van der Waals surface area contributed by atoms with Gasteiger partial charge in [0.25, 0.3) is 5.56 Å². The van der Waals surface area contributed by atoms with Crippen LogP contribution in [0.5, 0.6) is 0 Å². The molecular weight excluding hydrogens is 366 g/mol. The molecule has 148 valence electrons. The van der Waals surface area contributed by atoms with Gasteiger partial charge in [0.2, 0.25) is 0 Å². The summed E-state index contributed by atoms with van der Waals surface area (Å²) in [6, 6.07) is 9.92. The Bertz CT molecular complexity index is 999. The maximum Gasteiger partial charge on any atom is 0.330 e. The molecule has 1 aliphatic heterocycles. The molecule has 3 heterocycles. The lowest BCUT2D eigenvalue weighted by molar-refractivity contribution is -0.0459. The topological polar surface area (TPSA) is 146 Å². The molecule has 10 heteroatoms. The van der Waals surface area contributed by atoms with Gasteiger partial charge >= 0.3 is 5.69 Å². The van der Waals surface area contributed by atoms with Crippen LogP contribution in [0.4, 0.5) is 0 Å². The van der Waals surface area contributed by atoms with E-state index in [2.05, 4.69) is 20.4 Å². The van der Waals surface area contributed by atoms with E-state index in [1.165, 1.54) is 10.8 Å². The standard InChI is InChI=1S/C10H14N2O5.C8H7N3/c1-5-3-12(10(16)11-9(5)15)8-2-6(14)7(4-13)17-8;1-2-4-7(5-3-1)8-6-9-11-10-8/h3,6-8,13-14H,2,4H2,1H3,(H,11,15,16);1-6H,(H,9,10,11)/t6-,7+,8+;/m0./s1. The number of aromatic amines is 2. The van der Waals surface area contributed by atoms with Crippen molar-refractivity contribution < 1.29 is 14.9 Å². The van der Waals surface area contributed by atoms with Gasteiger partial charge in [-0.3, -0.25) is 19.4 Å².